The highest BCUT2D eigenvalue weighted by molar-refractivity contribution is 7.05. The lowest BCUT2D eigenvalue weighted by atomic mass is 9.86. The van der Waals surface area contributed by atoms with Crippen molar-refractivity contribution in [3.63, 3.8) is 0 Å². The van der Waals surface area contributed by atoms with Gasteiger partial charge in [-0.15, -0.1) is 0 Å². The Kier molecular flexibility index (Phi) is 3.54. The van der Waals surface area contributed by atoms with E-state index in [9.17, 15) is 0 Å². The molecule has 0 saturated heterocycles. The van der Waals surface area contributed by atoms with E-state index in [1.807, 2.05) is 6.20 Å². The van der Waals surface area contributed by atoms with Crippen LogP contribution in [-0.4, -0.2) is 10.4 Å². The molecule has 1 aromatic rings. The van der Waals surface area contributed by atoms with Gasteiger partial charge in [-0.2, -0.15) is 0 Å². The summed E-state index contributed by atoms with van der Waals surface area (Å²) in [4.78, 5) is 1.35. The van der Waals surface area contributed by atoms with E-state index < -0.39 is 0 Å². The minimum Gasteiger partial charge on any atom is -0.309 e. The van der Waals surface area contributed by atoms with Crippen molar-refractivity contribution in [1.82, 2.24) is 9.69 Å². The van der Waals surface area contributed by atoms with Crippen LogP contribution in [0.25, 0.3) is 0 Å². The maximum Gasteiger partial charge on any atom is 0.0410 e. The van der Waals surface area contributed by atoms with E-state index in [1.165, 1.54) is 30.6 Å². The second-order valence-corrected chi connectivity index (χ2v) is 5.15. The second-order valence-electron chi connectivity index (χ2n) is 4.23. The summed E-state index contributed by atoms with van der Waals surface area (Å²) in [6, 6.07) is 2.83. The number of hydrogen-bond donors (Lipinski definition) is 1. The minimum atomic E-state index is 0.728. The predicted octanol–water partition coefficient (Wildman–Crippen LogP) is 2.81. The highest BCUT2D eigenvalue weighted by Crippen LogP contribution is 2.24. The maximum atomic E-state index is 4.11. The van der Waals surface area contributed by atoms with E-state index in [0.29, 0.717) is 0 Å². The van der Waals surface area contributed by atoms with Gasteiger partial charge in [0.15, 0.2) is 0 Å². The van der Waals surface area contributed by atoms with Crippen molar-refractivity contribution in [2.24, 2.45) is 5.92 Å². The van der Waals surface area contributed by atoms with E-state index in [1.54, 1.807) is 11.5 Å². The standard InChI is InChI=1S/C11H18N2S/c1-9-4-2-3-5-11(9)12-8-10-6-7-13-14-10/h6-7,9,11-12H,2-5,8H2,1H3. The van der Waals surface area contributed by atoms with Crippen LogP contribution in [0.5, 0.6) is 0 Å². The minimum absolute atomic E-state index is 0.728. The topological polar surface area (TPSA) is 24.9 Å². The maximum absolute atomic E-state index is 4.11. The molecule has 1 fully saturated rings. The van der Waals surface area contributed by atoms with Crippen LogP contribution in [0.1, 0.15) is 37.5 Å². The van der Waals surface area contributed by atoms with Gasteiger partial charge in [-0.3, -0.25) is 0 Å². The Labute approximate surface area is 89.9 Å². The van der Waals surface area contributed by atoms with E-state index in [4.69, 9.17) is 0 Å². The summed E-state index contributed by atoms with van der Waals surface area (Å²) in [5.74, 6) is 0.844. The average Bonchev–Trinajstić information content (AvgIpc) is 2.69. The van der Waals surface area contributed by atoms with Crippen molar-refractivity contribution in [1.29, 1.82) is 0 Å². The van der Waals surface area contributed by atoms with Gasteiger partial charge in [-0.05, 0) is 36.4 Å². The Balaban J connectivity index is 1.79. The third-order valence-corrected chi connectivity index (χ3v) is 3.88. The van der Waals surface area contributed by atoms with Crippen molar-refractivity contribution in [2.45, 2.75) is 45.2 Å². The molecule has 2 atom stereocenters. The molecule has 0 spiro atoms. The number of aromatic nitrogens is 1. The zero-order valence-corrected chi connectivity index (χ0v) is 9.52. The lowest BCUT2D eigenvalue weighted by Crippen LogP contribution is -2.36. The van der Waals surface area contributed by atoms with Gasteiger partial charge in [0, 0.05) is 23.7 Å². The molecule has 1 heterocycles. The molecule has 1 saturated carbocycles. The number of rotatable bonds is 3. The summed E-state index contributed by atoms with van der Waals surface area (Å²) < 4.78 is 4.11. The molecular formula is C11H18N2S. The zero-order valence-electron chi connectivity index (χ0n) is 8.70. The Bertz CT molecular complexity index is 258. The fourth-order valence-electron chi connectivity index (χ4n) is 2.18. The van der Waals surface area contributed by atoms with Crippen molar-refractivity contribution in [3.8, 4) is 0 Å². The molecule has 0 radical (unpaired) electrons. The van der Waals surface area contributed by atoms with Crippen LogP contribution in [0, 0.1) is 5.92 Å². The van der Waals surface area contributed by atoms with Crippen LogP contribution in [-0.2, 0) is 6.54 Å². The van der Waals surface area contributed by atoms with Crippen molar-refractivity contribution in [2.75, 3.05) is 0 Å². The molecule has 0 bridgehead atoms. The van der Waals surface area contributed by atoms with Gasteiger partial charge in [0.25, 0.3) is 0 Å². The predicted molar refractivity (Wildman–Crippen MR) is 60.4 cm³/mol. The van der Waals surface area contributed by atoms with E-state index >= 15 is 0 Å². The first-order valence-corrected chi connectivity index (χ1v) is 6.26. The quantitative estimate of drug-likeness (QED) is 0.830. The number of hydrogen-bond acceptors (Lipinski definition) is 3. The van der Waals surface area contributed by atoms with Crippen LogP contribution in [0.3, 0.4) is 0 Å². The Hall–Kier alpha value is -0.410. The molecule has 78 valence electrons. The summed E-state index contributed by atoms with van der Waals surface area (Å²) in [7, 11) is 0. The summed E-state index contributed by atoms with van der Waals surface area (Å²) in [5, 5.41) is 3.64. The van der Waals surface area contributed by atoms with Gasteiger partial charge in [0.05, 0.1) is 0 Å². The molecule has 0 aromatic carbocycles. The van der Waals surface area contributed by atoms with Crippen LogP contribution in [0.15, 0.2) is 12.3 Å². The zero-order chi connectivity index (χ0) is 9.80. The highest BCUT2D eigenvalue weighted by Gasteiger charge is 2.20. The average molecular weight is 210 g/mol. The van der Waals surface area contributed by atoms with Gasteiger partial charge >= 0.3 is 0 Å². The van der Waals surface area contributed by atoms with Crippen LogP contribution in [0.2, 0.25) is 0 Å². The molecule has 0 aliphatic heterocycles. The molecule has 1 N–H and O–H groups in total. The van der Waals surface area contributed by atoms with E-state index in [2.05, 4.69) is 22.7 Å². The first-order valence-electron chi connectivity index (χ1n) is 5.49. The summed E-state index contributed by atoms with van der Waals surface area (Å²) in [5.41, 5.74) is 0. The lowest BCUT2D eigenvalue weighted by molar-refractivity contribution is 0.280. The number of nitrogens with zero attached hydrogens (tertiary/aromatic N) is 1. The first kappa shape index (κ1) is 10.1. The molecule has 3 heteroatoms. The lowest BCUT2D eigenvalue weighted by Gasteiger charge is -2.29. The molecule has 14 heavy (non-hydrogen) atoms. The highest BCUT2D eigenvalue weighted by atomic mass is 32.1. The van der Waals surface area contributed by atoms with Gasteiger partial charge < -0.3 is 5.32 Å². The molecule has 2 rings (SSSR count). The monoisotopic (exact) mass is 210 g/mol. The molecular weight excluding hydrogens is 192 g/mol. The first-order chi connectivity index (χ1) is 6.86. The SMILES string of the molecule is CC1CCCCC1NCc1ccns1. The molecule has 1 aromatic heterocycles. The largest absolute Gasteiger partial charge is 0.309 e. The second kappa shape index (κ2) is 4.89. The Morgan fingerprint density at radius 2 is 2.36 bits per heavy atom. The van der Waals surface area contributed by atoms with E-state index in [-0.39, 0.29) is 0 Å². The summed E-state index contributed by atoms with van der Waals surface area (Å²) in [6.45, 7) is 3.36. The molecule has 2 unspecified atom stereocenters. The van der Waals surface area contributed by atoms with Crippen molar-refractivity contribution >= 4 is 11.5 Å². The Morgan fingerprint density at radius 1 is 1.50 bits per heavy atom. The summed E-state index contributed by atoms with van der Waals surface area (Å²) >= 11 is 1.60. The third-order valence-electron chi connectivity index (χ3n) is 3.14. The molecule has 1 aliphatic carbocycles. The van der Waals surface area contributed by atoms with Crippen molar-refractivity contribution in [3.05, 3.63) is 17.1 Å². The fourth-order valence-corrected chi connectivity index (χ4v) is 2.71. The van der Waals surface area contributed by atoms with Gasteiger partial charge in [-0.25, -0.2) is 4.37 Å². The molecule has 0 amide bonds. The smallest absolute Gasteiger partial charge is 0.0410 e. The van der Waals surface area contributed by atoms with Gasteiger partial charge in [0.1, 0.15) is 0 Å². The van der Waals surface area contributed by atoms with E-state index in [0.717, 1.165) is 18.5 Å². The molecule has 1 aliphatic rings. The summed E-state index contributed by atoms with van der Waals surface area (Å²) in [6.07, 6.45) is 7.43. The van der Waals surface area contributed by atoms with Crippen LogP contribution >= 0.6 is 11.5 Å². The Morgan fingerprint density at radius 3 is 3.07 bits per heavy atom. The number of nitrogens with one attached hydrogen (secondary N) is 1. The van der Waals surface area contributed by atoms with Crippen LogP contribution < -0.4 is 5.32 Å². The fraction of sp³-hybridized carbons (Fsp3) is 0.727. The third kappa shape index (κ3) is 2.55. The van der Waals surface area contributed by atoms with Crippen LogP contribution in [0.4, 0.5) is 0 Å². The van der Waals surface area contributed by atoms with Gasteiger partial charge in [0.2, 0.25) is 0 Å². The molecule has 2 nitrogen and oxygen atoms in total. The normalized spacial score (nSPS) is 27.8. The van der Waals surface area contributed by atoms with Gasteiger partial charge in [-0.1, -0.05) is 19.8 Å². The van der Waals surface area contributed by atoms with Crippen molar-refractivity contribution < 1.29 is 0 Å².